The minimum absolute atomic E-state index is 0.121. The molecule has 0 saturated heterocycles. The van der Waals surface area contributed by atoms with Crippen molar-refractivity contribution in [3.63, 3.8) is 0 Å². The van der Waals surface area contributed by atoms with E-state index in [2.05, 4.69) is 54.8 Å². The summed E-state index contributed by atoms with van der Waals surface area (Å²) in [7, 11) is 0. The predicted molar refractivity (Wildman–Crippen MR) is 79.9 cm³/mol. The Labute approximate surface area is 121 Å². The Balaban J connectivity index is 2.20. The van der Waals surface area contributed by atoms with Crippen LogP contribution in [-0.2, 0) is 6.42 Å². The molecule has 0 bridgehead atoms. The molecule has 17 heavy (non-hydrogen) atoms. The van der Waals surface area contributed by atoms with E-state index in [-0.39, 0.29) is 6.04 Å². The number of rotatable bonds is 4. The van der Waals surface area contributed by atoms with Gasteiger partial charge in [-0.1, -0.05) is 34.1 Å². The van der Waals surface area contributed by atoms with E-state index in [1.807, 2.05) is 18.2 Å². The average Bonchev–Trinajstić information content (AvgIpc) is 2.73. The van der Waals surface area contributed by atoms with Gasteiger partial charge in [0.15, 0.2) is 0 Å². The maximum absolute atomic E-state index is 5.65. The van der Waals surface area contributed by atoms with Gasteiger partial charge in [0.2, 0.25) is 0 Å². The number of thiophene rings is 1. The second kappa shape index (κ2) is 6.11. The van der Waals surface area contributed by atoms with Crippen molar-refractivity contribution in [2.75, 3.05) is 0 Å². The Morgan fingerprint density at radius 2 is 2.06 bits per heavy atom. The molecule has 2 nitrogen and oxygen atoms in total. The highest BCUT2D eigenvalue weighted by molar-refractivity contribution is 9.10. The number of nitrogens with one attached hydrogen (secondary N) is 1. The molecule has 0 aliphatic heterocycles. The van der Waals surface area contributed by atoms with Gasteiger partial charge in [0.25, 0.3) is 0 Å². The molecule has 0 aliphatic carbocycles. The molecule has 0 radical (unpaired) electrons. The van der Waals surface area contributed by atoms with Gasteiger partial charge < -0.3 is 0 Å². The number of hydrogen-bond donors (Lipinski definition) is 2. The third-order valence-electron chi connectivity index (χ3n) is 2.51. The van der Waals surface area contributed by atoms with E-state index < -0.39 is 0 Å². The lowest BCUT2D eigenvalue weighted by molar-refractivity contribution is 0.553. The summed E-state index contributed by atoms with van der Waals surface area (Å²) in [4.78, 5) is 1.30. The van der Waals surface area contributed by atoms with Crippen LogP contribution in [0.3, 0.4) is 0 Å². The third-order valence-corrected chi connectivity index (χ3v) is 4.95. The van der Waals surface area contributed by atoms with Crippen LogP contribution in [0.2, 0.25) is 0 Å². The van der Waals surface area contributed by atoms with Crippen molar-refractivity contribution < 1.29 is 0 Å². The molecule has 1 unspecified atom stereocenters. The van der Waals surface area contributed by atoms with Crippen LogP contribution < -0.4 is 11.3 Å². The first-order chi connectivity index (χ1) is 8.20. The topological polar surface area (TPSA) is 38.0 Å². The summed E-state index contributed by atoms with van der Waals surface area (Å²) in [6.45, 7) is 0. The van der Waals surface area contributed by atoms with E-state index in [1.54, 1.807) is 11.3 Å². The zero-order chi connectivity index (χ0) is 12.3. The maximum Gasteiger partial charge on any atom is 0.0519 e. The molecule has 0 fully saturated rings. The smallest absolute Gasteiger partial charge is 0.0519 e. The van der Waals surface area contributed by atoms with E-state index in [9.17, 15) is 0 Å². The summed E-state index contributed by atoms with van der Waals surface area (Å²) in [6.07, 6.45) is 0.884. The number of hydrazine groups is 1. The number of benzene rings is 1. The fourth-order valence-corrected chi connectivity index (χ4v) is 3.74. The molecule has 3 N–H and O–H groups in total. The van der Waals surface area contributed by atoms with E-state index in [1.165, 1.54) is 10.4 Å². The first kappa shape index (κ1) is 13.2. The van der Waals surface area contributed by atoms with E-state index in [0.717, 1.165) is 15.4 Å². The molecule has 1 aromatic carbocycles. The van der Waals surface area contributed by atoms with Crippen LogP contribution in [0.15, 0.2) is 44.7 Å². The second-order valence-electron chi connectivity index (χ2n) is 3.68. The van der Waals surface area contributed by atoms with Crippen molar-refractivity contribution in [2.24, 2.45) is 5.84 Å². The summed E-state index contributed by atoms with van der Waals surface area (Å²) in [5, 5.41) is 2.09. The van der Waals surface area contributed by atoms with Gasteiger partial charge in [0.05, 0.1) is 6.04 Å². The Hall–Kier alpha value is -0.200. The standard InChI is InChI=1S/C12H12Br2N2S/c13-8-5-9(17-7-8)6-12(16-15)10-3-1-2-4-11(10)14/h1-5,7,12,16H,6,15H2. The van der Waals surface area contributed by atoms with Gasteiger partial charge in [-0.05, 0) is 33.6 Å². The molecule has 0 saturated carbocycles. The first-order valence-corrected chi connectivity index (χ1v) is 7.60. The third kappa shape index (κ3) is 3.39. The van der Waals surface area contributed by atoms with Crippen LogP contribution >= 0.6 is 43.2 Å². The van der Waals surface area contributed by atoms with Crippen LogP contribution in [-0.4, -0.2) is 0 Å². The van der Waals surface area contributed by atoms with Crippen molar-refractivity contribution in [3.8, 4) is 0 Å². The molecule has 1 aromatic heterocycles. The molecular formula is C12H12Br2N2S. The van der Waals surface area contributed by atoms with Crippen LogP contribution in [0.1, 0.15) is 16.5 Å². The highest BCUT2D eigenvalue weighted by Crippen LogP contribution is 2.28. The fourth-order valence-electron chi connectivity index (χ4n) is 1.68. The summed E-state index contributed by atoms with van der Waals surface area (Å²) >= 11 is 8.76. The zero-order valence-corrected chi connectivity index (χ0v) is 13.0. The van der Waals surface area contributed by atoms with Gasteiger partial charge in [-0.2, -0.15) is 0 Å². The van der Waals surface area contributed by atoms with Crippen LogP contribution in [0.25, 0.3) is 0 Å². The Morgan fingerprint density at radius 1 is 1.29 bits per heavy atom. The molecule has 2 rings (SSSR count). The van der Waals surface area contributed by atoms with Crippen molar-refractivity contribution in [2.45, 2.75) is 12.5 Å². The number of nitrogens with two attached hydrogens (primary N) is 1. The lowest BCUT2D eigenvalue weighted by atomic mass is 10.0. The van der Waals surface area contributed by atoms with Gasteiger partial charge in [-0.25, -0.2) is 0 Å². The van der Waals surface area contributed by atoms with Crippen molar-refractivity contribution in [3.05, 3.63) is 55.1 Å². The average molecular weight is 376 g/mol. The van der Waals surface area contributed by atoms with Gasteiger partial charge in [-0.15, -0.1) is 11.3 Å². The zero-order valence-electron chi connectivity index (χ0n) is 8.99. The van der Waals surface area contributed by atoms with Gasteiger partial charge in [0, 0.05) is 25.6 Å². The summed E-state index contributed by atoms with van der Waals surface area (Å²) < 4.78 is 2.21. The molecule has 0 amide bonds. The van der Waals surface area contributed by atoms with Crippen molar-refractivity contribution in [1.29, 1.82) is 0 Å². The quantitative estimate of drug-likeness (QED) is 0.625. The highest BCUT2D eigenvalue weighted by atomic mass is 79.9. The lowest BCUT2D eigenvalue weighted by Crippen LogP contribution is -2.29. The van der Waals surface area contributed by atoms with Gasteiger partial charge in [0.1, 0.15) is 0 Å². The fraction of sp³-hybridized carbons (Fsp3) is 0.167. The van der Waals surface area contributed by atoms with Crippen LogP contribution in [0.4, 0.5) is 0 Å². The van der Waals surface area contributed by atoms with Crippen LogP contribution in [0, 0.1) is 0 Å². The monoisotopic (exact) mass is 374 g/mol. The summed E-state index contributed by atoms with van der Waals surface area (Å²) in [6, 6.07) is 10.4. The lowest BCUT2D eigenvalue weighted by Gasteiger charge is -2.16. The second-order valence-corrected chi connectivity index (χ2v) is 6.44. The van der Waals surface area contributed by atoms with Gasteiger partial charge in [-0.3, -0.25) is 11.3 Å². The van der Waals surface area contributed by atoms with E-state index >= 15 is 0 Å². The normalized spacial score (nSPS) is 12.6. The minimum atomic E-state index is 0.121. The van der Waals surface area contributed by atoms with E-state index in [0.29, 0.717) is 0 Å². The minimum Gasteiger partial charge on any atom is -0.271 e. The summed E-state index contributed by atoms with van der Waals surface area (Å²) in [5.74, 6) is 5.65. The molecule has 90 valence electrons. The van der Waals surface area contributed by atoms with E-state index in [4.69, 9.17) is 5.84 Å². The van der Waals surface area contributed by atoms with Crippen molar-refractivity contribution >= 4 is 43.2 Å². The van der Waals surface area contributed by atoms with Gasteiger partial charge >= 0.3 is 0 Å². The Bertz CT molecular complexity index is 499. The Morgan fingerprint density at radius 3 is 2.65 bits per heavy atom. The SMILES string of the molecule is NNC(Cc1cc(Br)cs1)c1ccccc1Br. The van der Waals surface area contributed by atoms with Crippen LogP contribution in [0.5, 0.6) is 0 Å². The molecular weight excluding hydrogens is 364 g/mol. The maximum atomic E-state index is 5.65. The Kier molecular flexibility index (Phi) is 4.76. The number of hydrogen-bond acceptors (Lipinski definition) is 3. The molecule has 2 aromatic rings. The molecule has 1 atom stereocenters. The largest absolute Gasteiger partial charge is 0.271 e. The predicted octanol–water partition coefficient (Wildman–Crippen LogP) is 4.02. The van der Waals surface area contributed by atoms with Crippen molar-refractivity contribution in [1.82, 2.24) is 5.43 Å². The highest BCUT2D eigenvalue weighted by Gasteiger charge is 2.14. The molecule has 0 spiro atoms. The number of halogens is 2. The first-order valence-electron chi connectivity index (χ1n) is 5.14. The molecule has 5 heteroatoms. The molecule has 0 aliphatic rings. The molecule has 1 heterocycles. The summed E-state index contributed by atoms with van der Waals surface area (Å²) in [5.41, 5.74) is 4.06.